The Morgan fingerprint density at radius 3 is 2.23 bits per heavy atom. The fraction of sp³-hybridized carbons (Fsp3) is 0.0870. The highest BCUT2D eigenvalue weighted by molar-refractivity contribution is 7.07. The van der Waals surface area contributed by atoms with Gasteiger partial charge in [0.15, 0.2) is 0 Å². The van der Waals surface area contributed by atoms with Crippen LogP contribution in [0.15, 0.2) is 46.8 Å². The molecule has 7 nitrogen and oxygen atoms in total. The van der Waals surface area contributed by atoms with Crippen molar-refractivity contribution < 1.29 is 14.3 Å². The van der Waals surface area contributed by atoms with E-state index < -0.39 is 23.4 Å². The van der Waals surface area contributed by atoms with Crippen LogP contribution >= 0.6 is 57.7 Å². The molecule has 4 rings (SSSR count). The first kappa shape index (κ1) is 25.3. The second kappa shape index (κ2) is 9.72. The Morgan fingerprint density at radius 1 is 1.03 bits per heavy atom. The Balaban J connectivity index is 2.15. The molecule has 1 aliphatic heterocycles. The number of ether oxygens (including phenoxy) is 1. The van der Waals surface area contributed by atoms with Crippen LogP contribution in [-0.2, 0) is 14.3 Å². The number of esters is 1. The summed E-state index contributed by atoms with van der Waals surface area (Å²) in [6, 6.07) is 9.35. The molecule has 0 radical (unpaired) electrons. The maximum Gasteiger partial charge on any atom is 0.337 e. The highest BCUT2D eigenvalue weighted by Crippen LogP contribution is 2.40. The molecule has 0 spiro atoms. The van der Waals surface area contributed by atoms with E-state index in [-0.39, 0.29) is 31.2 Å². The number of hydrogen-bond donors (Lipinski definition) is 2. The molecular weight excluding hydrogens is 556 g/mol. The number of hydrogen-bond acceptors (Lipinski definition) is 6. The van der Waals surface area contributed by atoms with E-state index in [1.54, 1.807) is 24.3 Å². The molecule has 1 atom stereocenters. The van der Waals surface area contributed by atoms with Crippen LogP contribution in [0.4, 0.5) is 0 Å². The monoisotopic (exact) mass is 569 g/mol. The molecule has 0 saturated carbocycles. The molecule has 1 aromatic heterocycles. The number of thiazole rings is 1. The third-order valence-electron chi connectivity index (χ3n) is 5.34. The number of benzene rings is 2. The van der Waals surface area contributed by atoms with Gasteiger partial charge in [0.1, 0.15) is 10.5 Å². The van der Waals surface area contributed by atoms with Crippen LogP contribution in [0.2, 0.25) is 20.1 Å². The summed E-state index contributed by atoms with van der Waals surface area (Å²) in [6.07, 6.45) is 1.54. The molecule has 0 aliphatic carbocycles. The minimum absolute atomic E-state index is 0.0244. The van der Waals surface area contributed by atoms with Crippen LogP contribution in [0.5, 0.6) is 0 Å². The van der Waals surface area contributed by atoms with Crippen LogP contribution in [0.3, 0.4) is 0 Å². The van der Waals surface area contributed by atoms with Gasteiger partial charge in [0.05, 0.1) is 28.7 Å². The van der Waals surface area contributed by atoms with E-state index in [0.717, 1.165) is 15.9 Å². The quantitative estimate of drug-likeness (QED) is 0.467. The lowest BCUT2D eigenvalue weighted by molar-refractivity contribution is -0.134. The van der Waals surface area contributed by atoms with E-state index in [9.17, 15) is 14.4 Å². The van der Waals surface area contributed by atoms with Crippen LogP contribution in [0, 0.1) is 0 Å². The van der Waals surface area contributed by atoms with Crippen molar-refractivity contribution in [3.8, 4) is 0 Å². The minimum atomic E-state index is -1.10. The Bertz CT molecular complexity index is 1620. The number of fused-ring (bicyclic) bond motifs is 1. The zero-order valence-electron chi connectivity index (χ0n) is 17.8. The standard InChI is InChI=1S/C23H15Cl4N3O4S/c1-34-23(33)18-16(12-5-4-11(25)8-14(12)27)17(20(29)31)19(28)30-21(32)15(35-22(18)30)6-9-2-3-10(24)7-13(9)26/h2-8,16H,28H2,1H3,(H2,29,31). The first-order valence-electron chi connectivity index (χ1n) is 9.81. The average Bonchev–Trinajstić information content (AvgIpc) is 3.11. The SMILES string of the molecule is COC(=O)C1=c2sc(=Cc3ccc(Cl)cc3Cl)c(=O)n2C(N)=C(C(N)=O)C1c1ccc(Cl)cc1Cl. The Morgan fingerprint density at radius 2 is 1.66 bits per heavy atom. The molecule has 1 aliphatic rings. The summed E-state index contributed by atoms with van der Waals surface area (Å²) in [5, 5.41) is 1.26. The lowest BCUT2D eigenvalue weighted by Gasteiger charge is -2.27. The molecule has 2 heterocycles. The summed E-state index contributed by atoms with van der Waals surface area (Å²) >= 11 is 25.7. The molecule has 3 aromatic rings. The van der Waals surface area contributed by atoms with Crippen molar-refractivity contribution in [2.24, 2.45) is 11.5 Å². The van der Waals surface area contributed by atoms with Crippen LogP contribution in [0.1, 0.15) is 17.0 Å². The van der Waals surface area contributed by atoms with Gasteiger partial charge in [0.2, 0.25) is 5.91 Å². The summed E-state index contributed by atoms with van der Waals surface area (Å²) in [6.45, 7) is 0. The van der Waals surface area contributed by atoms with Gasteiger partial charge in [-0.25, -0.2) is 4.79 Å². The number of amides is 1. The van der Waals surface area contributed by atoms with Gasteiger partial charge in [0, 0.05) is 20.1 Å². The Kier molecular flexibility index (Phi) is 7.04. The molecule has 4 N–H and O–H groups in total. The Hall–Kier alpha value is -2.75. The van der Waals surface area contributed by atoms with Crippen molar-refractivity contribution in [2.75, 3.05) is 7.11 Å². The van der Waals surface area contributed by atoms with Crippen molar-refractivity contribution in [3.05, 3.63) is 92.7 Å². The molecule has 1 amide bonds. The number of halogens is 4. The first-order valence-corrected chi connectivity index (χ1v) is 12.1. The van der Waals surface area contributed by atoms with Crippen molar-refractivity contribution in [3.63, 3.8) is 0 Å². The topological polar surface area (TPSA) is 117 Å². The predicted molar refractivity (Wildman–Crippen MR) is 139 cm³/mol. The van der Waals surface area contributed by atoms with Crippen molar-refractivity contribution in [1.82, 2.24) is 4.57 Å². The fourth-order valence-electron chi connectivity index (χ4n) is 3.81. The van der Waals surface area contributed by atoms with Gasteiger partial charge in [-0.1, -0.05) is 58.5 Å². The number of primary amides is 1. The van der Waals surface area contributed by atoms with Crippen LogP contribution in [-0.4, -0.2) is 23.6 Å². The van der Waals surface area contributed by atoms with Gasteiger partial charge in [-0.3, -0.25) is 14.2 Å². The maximum atomic E-state index is 13.4. The molecule has 2 aromatic carbocycles. The minimum Gasteiger partial charge on any atom is -0.466 e. The molecule has 180 valence electrons. The zero-order chi connectivity index (χ0) is 25.6. The fourth-order valence-corrected chi connectivity index (χ4v) is 5.94. The number of carbonyl (C=O) groups is 2. The van der Waals surface area contributed by atoms with Crippen molar-refractivity contribution >= 4 is 87.1 Å². The number of nitrogens with two attached hydrogens (primary N) is 2. The van der Waals surface area contributed by atoms with E-state index in [0.29, 0.717) is 26.2 Å². The van der Waals surface area contributed by atoms with Gasteiger partial charge in [0.25, 0.3) is 5.56 Å². The largest absolute Gasteiger partial charge is 0.466 e. The highest BCUT2D eigenvalue weighted by atomic mass is 35.5. The second-order valence-electron chi connectivity index (χ2n) is 7.39. The van der Waals surface area contributed by atoms with E-state index >= 15 is 0 Å². The maximum absolute atomic E-state index is 13.4. The number of methoxy groups -OCH3 is 1. The molecule has 0 saturated heterocycles. The third-order valence-corrected chi connectivity index (χ3v) is 7.57. The Labute approximate surface area is 222 Å². The summed E-state index contributed by atoms with van der Waals surface area (Å²) in [5.74, 6) is -3.05. The number of carbonyl (C=O) groups excluding carboxylic acids is 2. The molecule has 1 unspecified atom stereocenters. The van der Waals surface area contributed by atoms with E-state index in [2.05, 4.69) is 0 Å². The average molecular weight is 571 g/mol. The molecule has 35 heavy (non-hydrogen) atoms. The lowest BCUT2D eigenvalue weighted by Crippen LogP contribution is -2.42. The van der Waals surface area contributed by atoms with E-state index in [1.165, 1.54) is 25.3 Å². The summed E-state index contributed by atoms with van der Waals surface area (Å²) in [7, 11) is 1.18. The molecule has 0 fully saturated rings. The van der Waals surface area contributed by atoms with E-state index in [4.69, 9.17) is 62.6 Å². The predicted octanol–water partition coefficient (Wildman–Crippen LogP) is 3.09. The third kappa shape index (κ3) is 4.48. The first-order chi connectivity index (χ1) is 16.5. The lowest BCUT2D eigenvalue weighted by atomic mass is 9.83. The number of aromatic nitrogens is 1. The van der Waals surface area contributed by atoms with Crippen LogP contribution in [0.25, 0.3) is 17.5 Å². The molecular formula is C23H15Cl4N3O4S. The molecule has 0 bridgehead atoms. The summed E-state index contributed by atoms with van der Waals surface area (Å²) in [5.41, 5.74) is 12.1. The van der Waals surface area contributed by atoms with Gasteiger partial charge >= 0.3 is 5.97 Å². The number of rotatable bonds is 4. The van der Waals surface area contributed by atoms with Gasteiger partial charge < -0.3 is 16.2 Å². The van der Waals surface area contributed by atoms with Gasteiger partial charge in [-0.15, -0.1) is 11.3 Å². The second-order valence-corrected chi connectivity index (χ2v) is 10.1. The van der Waals surface area contributed by atoms with Crippen molar-refractivity contribution in [1.29, 1.82) is 0 Å². The van der Waals surface area contributed by atoms with Crippen LogP contribution < -0.4 is 26.2 Å². The highest BCUT2D eigenvalue weighted by Gasteiger charge is 2.39. The molecule has 12 heteroatoms. The van der Waals surface area contributed by atoms with E-state index in [1.807, 2.05) is 0 Å². The van der Waals surface area contributed by atoms with Gasteiger partial charge in [-0.05, 0) is 41.5 Å². The normalized spacial score (nSPS) is 15.9. The zero-order valence-corrected chi connectivity index (χ0v) is 21.6. The number of nitrogens with zero attached hydrogens (tertiary/aromatic N) is 1. The van der Waals surface area contributed by atoms with Gasteiger partial charge in [-0.2, -0.15) is 0 Å². The van der Waals surface area contributed by atoms with Crippen molar-refractivity contribution in [2.45, 2.75) is 5.92 Å². The summed E-state index contributed by atoms with van der Waals surface area (Å²) in [4.78, 5) is 39.0. The summed E-state index contributed by atoms with van der Waals surface area (Å²) < 4.78 is 6.43. The smallest absolute Gasteiger partial charge is 0.337 e.